The lowest BCUT2D eigenvalue weighted by Crippen LogP contribution is -2.09. The minimum absolute atomic E-state index is 0.0718. The SMILES string of the molecule is CCC(=O)Nc1ccc(C(=O)CCN=[N+]=[N-])cc1. The minimum atomic E-state index is -0.0873. The van der Waals surface area contributed by atoms with Gasteiger partial charge in [0, 0.05) is 35.5 Å². The summed E-state index contributed by atoms with van der Waals surface area (Å²) in [4.78, 5) is 25.4. The van der Waals surface area contributed by atoms with E-state index in [0.29, 0.717) is 17.7 Å². The fourth-order valence-corrected chi connectivity index (χ4v) is 1.33. The van der Waals surface area contributed by atoms with E-state index in [1.165, 1.54) is 0 Å². The molecule has 1 aromatic rings. The van der Waals surface area contributed by atoms with Gasteiger partial charge in [0.2, 0.25) is 5.91 Å². The Hall–Kier alpha value is -2.33. The molecule has 0 aliphatic carbocycles. The first kappa shape index (κ1) is 13.7. The zero-order valence-electron chi connectivity index (χ0n) is 10.1. The van der Waals surface area contributed by atoms with Crippen LogP contribution in [0.25, 0.3) is 10.4 Å². The zero-order valence-corrected chi connectivity index (χ0v) is 10.1. The largest absolute Gasteiger partial charge is 0.326 e. The van der Waals surface area contributed by atoms with Crippen molar-refractivity contribution in [2.24, 2.45) is 5.11 Å². The number of benzene rings is 1. The number of anilines is 1. The van der Waals surface area contributed by atoms with Crippen LogP contribution in [0.4, 0.5) is 5.69 Å². The Labute approximate surface area is 105 Å². The molecule has 0 saturated heterocycles. The summed E-state index contributed by atoms with van der Waals surface area (Å²) in [6, 6.07) is 6.64. The van der Waals surface area contributed by atoms with Crippen molar-refractivity contribution in [3.63, 3.8) is 0 Å². The summed E-state index contributed by atoms with van der Waals surface area (Å²) in [6.45, 7) is 1.92. The van der Waals surface area contributed by atoms with E-state index < -0.39 is 0 Å². The second-order valence-corrected chi connectivity index (χ2v) is 3.61. The smallest absolute Gasteiger partial charge is 0.224 e. The van der Waals surface area contributed by atoms with Crippen LogP contribution >= 0.6 is 0 Å². The van der Waals surface area contributed by atoms with Gasteiger partial charge in [-0.3, -0.25) is 9.59 Å². The molecule has 1 N–H and O–H groups in total. The van der Waals surface area contributed by atoms with Crippen molar-refractivity contribution in [2.75, 3.05) is 11.9 Å². The van der Waals surface area contributed by atoms with Crippen LogP contribution in [-0.4, -0.2) is 18.2 Å². The second-order valence-electron chi connectivity index (χ2n) is 3.61. The van der Waals surface area contributed by atoms with Gasteiger partial charge >= 0.3 is 0 Å². The average Bonchev–Trinajstić information content (AvgIpc) is 2.39. The van der Waals surface area contributed by atoms with E-state index in [-0.39, 0.29) is 24.7 Å². The number of ketones is 1. The maximum atomic E-state index is 11.6. The fourth-order valence-electron chi connectivity index (χ4n) is 1.33. The molecular formula is C12H14N4O2. The molecule has 1 rings (SSSR count). The molecule has 6 heteroatoms. The van der Waals surface area contributed by atoms with Crippen LogP contribution in [0.15, 0.2) is 29.4 Å². The molecule has 1 aromatic carbocycles. The standard InChI is InChI=1S/C12H14N4O2/c1-2-12(18)15-10-5-3-9(4-6-10)11(17)7-8-14-16-13/h3-6H,2,7-8H2,1H3,(H,15,18). The summed E-state index contributed by atoms with van der Waals surface area (Å²) >= 11 is 0. The van der Waals surface area contributed by atoms with Crippen LogP contribution in [0.3, 0.4) is 0 Å². The molecule has 0 aliphatic heterocycles. The lowest BCUT2D eigenvalue weighted by Gasteiger charge is -2.04. The van der Waals surface area contributed by atoms with Gasteiger partial charge in [0.15, 0.2) is 5.78 Å². The van der Waals surface area contributed by atoms with E-state index in [2.05, 4.69) is 15.3 Å². The van der Waals surface area contributed by atoms with Crippen LogP contribution in [0, 0.1) is 0 Å². The zero-order chi connectivity index (χ0) is 13.4. The Morgan fingerprint density at radius 2 is 2.00 bits per heavy atom. The molecule has 0 atom stereocenters. The fraction of sp³-hybridized carbons (Fsp3) is 0.333. The number of azide groups is 1. The second kappa shape index (κ2) is 7.09. The van der Waals surface area contributed by atoms with Crippen LogP contribution in [-0.2, 0) is 4.79 Å². The molecule has 0 fully saturated rings. The molecule has 0 bridgehead atoms. The first-order chi connectivity index (χ1) is 8.67. The number of nitrogens with zero attached hydrogens (tertiary/aromatic N) is 3. The van der Waals surface area contributed by atoms with Crippen molar-refractivity contribution in [1.29, 1.82) is 0 Å². The van der Waals surface area contributed by atoms with Gasteiger partial charge < -0.3 is 5.32 Å². The Morgan fingerprint density at radius 3 is 2.56 bits per heavy atom. The van der Waals surface area contributed by atoms with E-state index in [1.807, 2.05) is 0 Å². The highest BCUT2D eigenvalue weighted by molar-refractivity contribution is 5.97. The normalized spacial score (nSPS) is 9.39. The molecule has 6 nitrogen and oxygen atoms in total. The van der Waals surface area contributed by atoms with Gasteiger partial charge in [-0.2, -0.15) is 0 Å². The predicted molar refractivity (Wildman–Crippen MR) is 68.3 cm³/mol. The van der Waals surface area contributed by atoms with Gasteiger partial charge in [-0.15, -0.1) is 0 Å². The molecule has 94 valence electrons. The average molecular weight is 246 g/mol. The van der Waals surface area contributed by atoms with Gasteiger partial charge in [0.25, 0.3) is 0 Å². The van der Waals surface area contributed by atoms with Gasteiger partial charge in [0.05, 0.1) is 0 Å². The summed E-state index contributed by atoms with van der Waals surface area (Å²) in [7, 11) is 0. The first-order valence-electron chi connectivity index (χ1n) is 5.61. The molecular weight excluding hydrogens is 232 g/mol. The van der Waals surface area contributed by atoms with Crippen LogP contribution in [0.2, 0.25) is 0 Å². The Kier molecular flexibility index (Phi) is 5.41. The third-order valence-electron chi connectivity index (χ3n) is 2.31. The van der Waals surface area contributed by atoms with E-state index >= 15 is 0 Å². The molecule has 1 amide bonds. The van der Waals surface area contributed by atoms with Crippen molar-refractivity contribution < 1.29 is 9.59 Å². The number of hydrogen-bond donors (Lipinski definition) is 1. The molecule has 0 saturated carbocycles. The quantitative estimate of drug-likeness (QED) is 0.361. The highest BCUT2D eigenvalue weighted by Crippen LogP contribution is 2.11. The van der Waals surface area contributed by atoms with Crippen molar-refractivity contribution >= 4 is 17.4 Å². The first-order valence-corrected chi connectivity index (χ1v) is 5.61. The molecule has 0 aliphatic rings. The highest BCUT2D eigenvalue weighted by Gasteiger charge is 2.05. The maximum Gasteiger partial charge on any atom is 0.224 e. The van der Waals surface area contributed by atoms with E-state index in [4.69, 9.17) is 5.53 Å². The summed E-state index contributed by atoms with van der Waals surface area (Å²) in [5.41, 5.74) is 9.30. The number of amides is 1. The van der Waals surface area contributed by atoms with E-state index in [0.717, 1.165) is 0 Å². The third-order valence-corrected chi connectivity index (χ3v) is 2.31. The third kappa shape index (κ3) is 4.27. The number of hydrogen-bond acceptors (Lipinski definition) is 3. The van der Waals surface area contributed by atoms with Crippen LogP contribution < -0.4 is 5.32 Å². The monoisotopic (exact) mass is 246 g/mol. The van der Waals surface area contributed by atoms with Crippen molar-refractivity contribution in [3.05, 3.63) is 40.3 Å². The van der Waals surface area contributed by atoms with Gasteiger partial charge in [-0.1, -0.05) is 12.0 Å². The number of rotatable bonds is 6. The number of carbonyl (C=O) groups excluding carboxylic acids is 2. The lowest BCUT2D eigenvalue weighted by molar-refractivity contribution is -0.115. The topological polar surface area (TPSA) is 94.9 Å². The molecule has 0 heterocycles. The number of nitrogens with one attached hydrogen (secondary N) is 1. The van der Waals surface area contributed by atoms with Gasteiger partial charge in [-0.25, -0.2) is 0 Å². The molecule has 0 aromatic heterocycles. The Balaban J connectivity index is 2.61. The lowest BCUT2D eigenvalue weighted by atomic mass is 10.1. The predicted octanol–water partition coefficient (Wildman–Crippen LogP) is 2.92. The summed E-state index contributed by atoms with van der Waals surface area (Å²) in [5.74, 6) is -0.159. The molecule has 0 radical (unpaired) electrons. The van der Waals surface area contributed by atoms with E-state index in [1.54, 1.807) is 31.2 Å². The summed E-state index contributed by atoms with van der Waals surface area (Å²) in [6.07, 6.45) is 0.595. The van der Waals surface area contributed by atoms with Crippen molar-refractivity contribution in [2.45, 2.75) is 19.8 Å². The number of Topliss-reactive ketones (excluding diaryl/α,β-unsaturated/α-hetero) is 1. The maximum absolute atomic E-state index is 11.6. The minimum Gasteiger partial charge on any atom is -0.326 e. The summed E-state index contributed by atoms with van der Waals surface area (Å²) < 4.78 is 0. The Bertz CT molecular complexity index is 475. The van der Waals surface area contributed by atoms with Crippen LogP contribution in [0.1, 0.15) is 30.1 Å². The molecule has 18 heavy (non-hydrogen) atoms. The number of carbonyl (C=O) groups is 2. The molecule has 0 unspecified atom stereocenters. The van der Waals surface area contributed by atoms with Gasteiger partial charge in [0.1, 0.15) is 0 Å². The van der Waals surface area contributed by atoms with Crippen LogP contribution in [0.5, 0.6) is 0 Å². The molecule has 0 spiro atoms. The van der Waals surface area contributed by atoms with Crippen molar-refractivity contribution in [1.82, 2.24) is 0 Å². The highest BCUT2D eigenvalue weighted by atomic mass is 16.1. The summed E-state index contributed by atoms with van der Waals surface area (Å²) in [5, 5.41) is 6.00. The Morgan fingerprint density at radius 1 is 1.33 bits per heavy atom. The van der Waals surface area contributed by atoms with Gasteiger partial charge in [-0.05, 0) is 29.8 Å². The van der Waals surface area contributed by atoms with E-state index in [9.17, 15) is 9.59 Å². The van der Waals surface area contributed by atoms with Crippen molar-refractivity contribution in [3.8, 4) is 0 Å².